The van der Waals surface area contributed by atoms with Crippen LogP contribution in [0.5, 0.6) is 0 Å². The van der Waals surface area contributed by atoms with Gasteiger partial charge in [0.1, 0.15) is 17.5 Å². The number of halogens is 1. The Labute approximate surface area is 223 Å². The number of methoxy groups -OCH3 is 1. The Hall–Kier alpha value is -3.09. The Kier molecular flexibility index (Phi) is 8.05. The zero-order chi connectivity index (χ0) is 27.7. The Morgan fingerprint density at radius 3 is 2.47 bits per heavy atom. The second-order valence-corrected chi connectivity index (χ2v) is 12.4. The SMILES string of the molecule is COCCN(CC1CC1C)c1cc(-c2nnc([C@@](C)(N)Cc3ccc(F)cc3)o2)cc(N(C)S(C)(=O)=O)n1. The molecule has 3 aromatic rings. The van der Waals surface area contributed by atoms with Crippen molar-refractivity contribution in [2.24, 2.45) is 17.6 Å². The van der Waals surface area contributed by atoms with Gasteiger partial charge in [0.15, 0.2) is 0 Å². The summed E-state index contributed by atoms with van der Waals surface area (Å²) >= 11 is 0. The molecule has 0 radical (unpaired) electrons. The van der Waals surface area contributed by atoms with Crippen LogP contribution in [0.2, 0.25) is 0 Å². The largest absolute Gasteiger partial charge is 0.419 e. The smallest absolute Gasteiger partial charge is 0.248 e. The van der Waals surface area contributed by atoms with Gasteiger partial charge in [-0.2, -0.15) is 0 Å². The van der Waals surface area contributed by atoms with E-state index in [2.05, 4.69) is 27.0 Å². The predicted octanol–water partition coefficient (Wildman–Crippen LogP) is 3.19. The molecule has 1 fully saturated rings. The quantitative estimate of drug-likeness (QED) is 0.364. The summed E-state index contributed by atoms with van der Waals surface area (Å²) in [7, 11) is -0.485. The van der Waals surface area contributed by atoms with Crippen LogP contribution in [-0.2, 0) is 26.7 Å². The van der Waals surface area contributed by atoms with Gasteiger partial charge in [-0.05, 0) is 61.4 Å². The Morgan fingerprint density at radius 1 is 1.21 bits per heavy atom. The second-order valence-electron chi connectivity index (χ2n) is 10.3. The Morgan fingerprint density at radius 2 is 1.87 bits per heavy atom. The first-order chi connectivity index (χ1) is 17.9. The molecule has 10 nitrogen and oxygen atoms in total. The molecule has 1 aromatic carbocycles. The fraction of sp³-hybridized carbons (Fsp3) is 0.500. The maximum atomic E-state index is 13.3. The second kappa shape index (κ2) is 11.0. The number of nitrogens with two attached hydrogens (primary N) is 1. The topological polar surface area (TPSA) is 128 Å². The average molecular weight is 547 g/mol. The maximum Gasteiger partial charge on any atom is 0.248 e. The van der Waals surface area contributed by atoms with E-state index < -0.39 is 15.6 Å². The number of hydrogen-bond donors (Lipinski definition) is 1. The summed E-state index contributed by atoms with van der Waals surface area (Å²) in [6.07, 6.45) is 2.61. The monoisotopic (exact) mass is 546 g/mol. The van der Waals surface area contributed by atoms with E-state index in [0.717, 1.165) is 29.1 Å². The summed E-state index contributed by atoms with van der Waals surface area (Å²) in [5.41, 5.74) is 6.85. The highest BCUT2D eigenvalue weighted by Crippen LogP contribution is 2.39. The van der Waals surface area contributed by atoms with E-state index in [1.165, 1.54) is 19.2 Å². The Bertz CT molecular complexity index is 1360. The molecule has 3 atom stereocenters. The highest BCUT2D eigenvalue weighted by atomic mass is 32.2. The molecule has 0 saturated heterocycles. The number of anilines is 2. The van der Waals surface area contributed by atoms with Crippen molar-refractivity contribution in [1.29, 1.82) is 0 Å². The summed E-state index contributed by atoms with van der Waals surface area (Å²) in [5, 5.41) is 8.42. The zero-order valence-electron chi connectivity index (χ0n) is 22.4. The van der Waals surface area contributed by atoms with Gasteiger partial charge >= 0.3 is 0 Å². The molecule has 206 valence electrons. The minimum atomic E-state index is -3.58. The third-order valence-electron chi connectivity index (χ3n) is 6.88. The van der Waals surface area contributed by atoms with Crippen LogP contribution < -0.4 is 14.9 Å². The molecular weight excluding hydrogens is 511 g/mol. The van der Waals surface area contributed by atoms with E-state index in [1.807, 2.05) is 6.07 Å². The van der Waals surface area contributed by atoms with Crippen LogP contribution in [0, 0.1) is 17.7 Å². The van der Waals surface area contributed by atoms with Gasteiger partial charge in [-0.1, -0.05) is 19.1 Å². The number of hydrogen-bond acceptors (Lipinski definition) is 9. The molecule has 1 saturated carbocycles. The maximum absolute atomic E-state index is 13.3. The van der Waals surface area contributed by atoms with Gasteiger partial charge in [-0.15, -0.1) is 10.2 Å². The van der Waals surface area contributed by atoms with Crippen molar-refractivity contribution >= 4 is 21.7 Å². The first-order valence-corrected chi connectivity index (χ1v) is 14.3. The molecule has 0 aliphatic heterocycles. The highest BCUT2D eigenvalue weighted by molar-refractivity contribution is 7.92. The Balaban J connectivity index is 1.70. The van der Waals surface area contributed by atoms with Crippen molar-refractivity contribution in [3.8, 4) is 11.5 Å². The van der Waals surface area contributed by atoms with Gasteiger partial charge in [0.2, 0.25) is 21.8 Å². The van der Waals surface area contributed by atoms with Gasteiger partial charge in [0, 0.05) is 32.8 Å². The number of rotatable bonds is 12. The fourth-order valence-electron chi connectivity index (χ4n) is 4.23. The molecule has 2 unspecified atom stereocenters. The van der Waals surface area contributed by atoms with E-state index >= 15 is 0 Å². The first kappa shape index (κ1) is 27.9. The molecule has 1 aliphatic carbocycles. The summed E-state index contributed by atoms with van der Waals surface area (Å²) < 4.78 is 50.5. The van der Waals surface area contributed by atoms with Gasteiger partial charge in [0.25, 0.3) is 0 Å². The van der Waals surface area contributed by atoms with Gasteiger partial charge in [0.05, 0.1) is 18.4 Å². The summed E-state index contributed by atoms with van der Waals surface area (Å²) in [5.74, 6) is 2.05. The molecule has 2 aromatic heterocycles. The molecule has 0 amide bonds. The van der Waals surface area contributed by atoms with E-state index in [0.29, 0.717) is 42.8 Å². The van der Waals surface area contributed by atoms with E-state index in [-0.39, 0.29) is 23.4 Å². The van der Waals surface area contributed by atoms with Crippen LogP contribution in [-0.4, -0.2) is 63.7 Å². The lowest BCUT2D eigenvalue weighted by molar-refractivity contribution is 0.204. The minimum Gasteiger partial charge on any atom is -0.419 e. The van der Waals surface area contributed by atoms with E-state index in [9.17, 15) is 12.8 Å². The van der Waals surface area contributed by atoms with Gasteiger partial charge in [-0.25, -0.2) is 17.8 Å². The van der Waals surface area contributed by atoms with Crippen molar-refractivity contribution < 1.29 is 22.0 Å². The normalized spacial score (nSPS) is 18.7. The van der Waals surface area contributed by atoms with Crippen molar-refractivity contribution in [2.45, 2.75) is 32.2 Å². The molecule has 0 bridgehead atoms. The van der Waals surface area contributed by atoms with Crippen LogP contribution in [0.25, 0.3) is 11.5 Å². The zero-order valence-corrected chi connectivity index (χ0v) is 23.2. The third-order valence-corrected chi connectivity index (χ3v) is 8.07. The third kappa shape index (κ3) is 6.66. The summed E-state index contributed by atoms with van der Waals surface area (Å²) in [6, 6.07) is 9.49. The van der Waals surface area contributed by atoms with Crippen molar-refractivity contribution in [1.82, 2.24) is 15.2 Å². The number of pyridine rings is 1. The molecule has 12 heteroatoms. The van der Waals surface area contributed by atoms with Gasteiger partial charge < -0.3 is 19.8 Å². The fourth-order valence-corrected chi connectivity index (χ4v) is 4.66. The predicted molar refractivity (Wildman–Crippen MR) is 144 cm³/mol. The molecule has 1 aliphatic rings. The van der Waals surface area contributed by atoms with Crippen LogP contribution in [0.3, 0.4) is 0 Å². The van der Waals surface area contributed by atoms with Crippen molar-refractivity contribution in [2.75, 3.05) is 49.3 Å². The van der Waals surface area contributed by atoms with Crippen LogP contribution in [0.1, 0.15) is 31.7 Å². The van der Waals surface area contributed by atoms with Crippen molar-refractivity contribution in [3.63, 3.8) is 0 Å². The van der Waals surface area contributed by atoms with Gasteiger partial charge in [-0.3, -0.25) is 4.31 Å². The molecule has 2 heterocycles. The standard InChI is InChI=1S/C26H35FN6O4S/c1-17-12-20(17)16-33(10-11-36-4)23-14-19(13-22(29-23)32(3)38(5,34)35)24-30-31-25(37-24)26(2,28)15-18-6-8-21(27)9-7-18/h6-9,13-14,17,20H,10-12,15-16,28H2,1-5H3/t17?,20?,26-/m0/s1. The average Bonchev–Trinajstić information content (AvgIpc) is 3.32. The molecule has 0 spiro atoms. The highest BCUT2D eigenvalue weighted by Gasteiger charge is 2.35. The molecule has 2 N–H and O–H groups in total. The summed E-state index contributed by atoms with van der Waals surface area (Å²) in [6.45, 7) is 5.83. The van der Waals surface area contributed by atoms with Crippen molar-refractivity contribution in [3.05, 3.63) is 53.7 Å². The number of ether oxygens (including phenoxy) is 1. The lowest BCUT2D eigenvalue weighted by Gasteiger charge is -2.26. The lowest BCUT2D eigenvalue weighted by Crippen LogP contribution is -2.35. The summed E-state index contributed by atoms with van der Waals surface area (Å²) in [4.78, 5) is 6.77. The molecule has 38 heavy (non-hydrogen) atoms. The minimum absolute atomic E-state index is 0.189. The molecule has 4 rings (SSSR count). The van der Waals surface area contributed by atoms with E-state index in [1.54, 1.807) is 32.2 Å². The van der Waals surface area contributed by atoms with Crippen LogP contribution in [0.4, 0.5) is 16.0 Å². The molecular formula is C26H35FN6O4S. The van der Waals surface area contributed by atoms with E-state index in [4.69, 9.17) is 14.9 Å². The number of benzene rings is 1. The van der Waals surface area contributed by atoms with Crippen LogP contribution in [0.15, 0.2) is 40.8 Å². The van der Waals surface area contributed by atoms with Crippen LogP contribution >= 0.6 is 0 Å². The lowest BCUT2D eigenvalue weighted by atomic mass is 9.94. The number of aromatic nitrogens is 3. The first-order valence-electron chi connectivity index (χ1n) is 12.4. The number of sulfonamides is 1. The number of nitrogens with zero attached hydrogens (tertiary/aromatic N) is 5.